The first-order valence-electron chi connectivity index (χ1n) is 6.34. The number of hydrogen-bond acceptors (Lipinski definition) is 6. The minimum absolute atomic E-state index is 0.00380. The Morgan fingerprint density at radius 3 is 2.29 bits per heavy atom. The highest BCUT2D eigenvalue weighted by Gasteiger charge is 2.16. The quantitative estimate of drug-likeness (QED) is 0.697. The zero-order valence-electron chi connectivity index (χ0n) is 11.1. The Kier molecular flexibility index (Phi) is 4.37. The van der Waals surface area contributed by atoms with Gasteiger partial charge in [0.2, 0.25) is 5.91 Å². The van der Waals surface area contributed by atoms with Crippen molar-refractivity contribution in [2.24, 2.45) is 0 Å². The standard InChI is InChI=1S/C13H13N5OS2/c19-13(9-18-10-14-15-16-18)17(7-11-3-1-5-20-11)8-12-4-2-6-21-12/h1-6,10H,7-9H2. The maximum absolute atomic E-state index is 12.5. The second kappa shape index (κ2) is 6.59. The van der Waals surface area contributed by atoms with E-state index in [4.69, 9.17) is 0 Å². The fourth-order valence-electron chi connectivity index (χ4n) is 1.90. The van der Waals surface area contributed by atoms with Gasteiger partial charge in [0.1, 0.15) is 12.9 Å². The number of rotatable bonds is 6. The van der Waals surface area contributed by atoms with E-state index in [0.717, 1.165) is 9.75 Å². The summed E-state index contributed by atoms with van der Waals surface area (Å²) in [5, 5.41) is 14.9. The molecule has 3 heterocycles. The third kappa shape index (κ3) is 3.73. The lowest BCUT2D eigenvalue weighted by Gasteiger charge is -2.21. The number of hydrogen-bond donors (Lipinski definition) is 0. The van der Waals surface area contributed by atoms with Crippen LogP contribution in [0.15, 0.2) is 41.4 Å². The van der Waals surface area contributed by atoms with Crippen molar-refractivity contribution in [2.45, 2.75) is 19.6 Å². The molecule has 0 atom stereocenters. The van der Waals surface area contributed by atoms with Crippen LogP contribution < -0.4 is 0 Å². The van der Waals surface area contributed by atoms with Gasteiger partial charge in [0, 0.05) is 9.75 Å². The van der Waals surface area contributed by atoms with Crippen LogP contribution in [0.5, 0.6) is 0 Å². The molecule has 0 saturated carbocycles. The SMILES string of the molecule is O=C(Cn1cnnn1)N(Cc1cccs1)Cc1cccs1. The molecule has 3 aromatic rings. The molecule has 3 rings (SSSR count). The van der Waals surface area contributed by atoms with E-state index in [-0.39, 0.29) is 12.5 Å². The summed E-state index contributed by atoms with van der Waals surface area (Å²) < 4.78 is 1.44. The maximum atomic E-state index is 12.5. The average molecular weight is 319 g/mol. The molecule has 6 nitrogen and oxygen atoms in total. The number of nitrogens with zero attached hydrogens (tertiary/aromatic N) is 5. The van der Waals surface area contributed by atoms with E-state index < -0.39 is 0 Å². The van der Waals surface area contributed by atoms with E-state index in [1.54, 1.807) is 22.7 Å². The highest BCUT2D eigenvalue weighted by molar-refractivity contribution is 7.10. The Morgan fingerprint density at radius 1 is 1.14 bits per heavy atom. The molecular weight excluding hydrogens is 306 g/mol. The fourth-order valence-corrected chi connectivity index (χ4v) is 3.34. The Morgan fingerprint density at radius 2 is 1.81 bits per heavy atom. The smallest absolute Gasteiger partial charge is 0.245 e. The van der Waals surface area contributed by atoms with Gasteiger partial charge in [-0.2, -0.15) is 0 Å². The van der Waals surface area contributed by atoms with E-state index in [0.29, 0.717) is 13.1 Å². The Labute approximate surface area is 129 Å². The summed E-state index contributed by atoms with van der Waals surface area (Å²) in [5.41, 5.74) is 0. The van der Waals surface area contributed by atoms with Crippen molar-refractivity contribution >= 4 is 28.6 Å². The summed E-state index contributed by atoms with van der Waals surface area (Å²) in [7, 11) is 0. The van der Waals surface area contributed by atoms with Gasteiger partial charge in [-0.25, -0.2) is 4.68 Å². The molecule has 0 radical (unpaired) electrons. The van der Waals surface area contributed by atoms with Crippen LogP contribution in [0.1, 0.15) is 9.75 Å². The number of amides is 1. The van der Waals surface area contributed by atoms with Gasteiger partial charge in [-0.05, 0) is 33.3 Å². The van der Waals surface area contributed by atoms with Crippen molar-refractivity contribution in [1.29, 1.82) is 0 Å². The van der Waals surface area contributed by atoms with Crippen LogP contribution >= 0.6 is 22.7 Å². The first-order valence-corrected chi connectivity index (χ1v) is 8.10. The van der Waals surface area contributed by atoms with Gasteiger partial charge in [-0.15, -0.1) is 27.8 Å². The molecule has 0 N–H and O–H groups in total. The van der Waals surface area contributed by atoms with Gasteiger partial charge in [0.05, 0.1) is 13.1 Å². The fraction of sp³-hybridized carbons (Fsp3) is 0.231. The van der Waals surface area contributed by atoms with Crippen molar-refractivity contribution < 1.29 is 4.79 Å². The lowest BCUT2D eigenvalue weighted by Crippen LogP contribution is -2.32. The van der Waals surface area contributed by atoms with Gasteiger partial charge in [-0.1, -0.05) is 12.1 Å². The Balaban J connectivity index is 1.72. The van der Waals surface area contributed by atoms with Crippen LogP contribution in [0, 0.1) is 0 Å². The molecule has 21 heavy (non-hydrogen) atoms. The third-order valence-corrected chi connectivity index (χ3v) is 4.62. The molecule has 0 spiro atoms. The lowest BCUT2D eigenvalue weighted by molar-refractivity contribution is -0.133. The first kappa shape index (κ1) is 13.9. The largest absolute Gasteiger partial charge is 0.331 e. The highest BCUT2D eigenvalue weighted by atomic mass is 32.1. The molecule has 0 aliphatic carbocycles. The number of tetrazole rings is 1. The summed E-state index contributed by atoms with van der Waals surface area (Å²) in [4.78, 5) is 16.6. The van der Waals surface area contributed by atoms with E-state index in [1.165, 1.54) is 11.0 Å². The number of carbonyl (C=O) groups is 1. The van der Waals surface area contributed by atoms with Gasteiger partial charge < -0.3 is 4.90 Å². The van der Waals surface area contributed by atoms with Crippen LogP contribution in [0.4, 0.5) is 0 Å². The number of carbonyl (C=O) groups excluding carboxylic acids is 1. The van der Waals surface area contributed by atoms with Gasteiger partial charge in [0.15, 0.2) is 0 Å². The molecule has 8 heteroatoms. The zero-order valence-corrected chi connectivity index (χ0v) is 12.8. The predicted octanol–water partition coefficient (Wildman–Crippen LogP) is 2.03. The Bertz CT molecular complexity index is 627. The average Bonchev–Trinajstić information content (AvgIpc) is 3.21. The number of aromatic nitrogens is 4. The van der Waals surface area contributed by atoms with Gasteiger partial charge >= 0.3 is 0 Å². The van der Waals surface area contributed by atoms with E-state index in [1.807, 2.05) is 39.9 Å². The molecule has 0 fully saturated rings. The summed E-state index contributed by atoms with van der Waals surface area (Å²) >= 11 is 3.30. The van der Waals surface area contributed by atoms with E-state index >= 15 is 0 Å². The van der Waals surface area contributed by atoms with Crippen LogP contribution in [-0.4, -0.2) is 31.0 Å². The molecule has 0 saturated heterocycles. The highest BCUT2D eigenvalue weighted by Crippen LogP contribution is 2.17. The van der Waals surface area contributed by atoms with Crippen molar-refractivity contribution in [3.63, 3.8) is 0 Å². The van der Waals surface area contributed by atoms with Crippen molar-refractivity contribution in [1.82, 2.24) is 25.1 Å². The maximum Gasteiger partial charge on any atom is 0.245 e. The minimum Gasteiger partial charge on any atom is -0.331 e. The van der Waals surface area contributed by atoms with Crippen molar-refractivity contribution in [3.8, 4) is 0 Å². The van der Waals surface area contributed by atoms with Crippen LogP contribution in [-0.2, 0) is 24.4 Å². The topological polar surface area (TPSA) is 63.9 Å². The molecular formula is C13H13N5OS2. The molecule has 0 bridgehead atoms. The normalized spacial score (nSPS) is 10.7. The zero-order chi connectivity index (χ0) is 14.5. The third-order valence-electron chi connectivity index (χ3n) is 2.90. The van der Waals surface area contributed by atoms with E-state index in [2.05, 4.69) is 15.5 Å². The van der Waals surface area contributed by atoms with Crippen LogP contribution in [0.25, 0.3) is 0 Å². The summed E-state index contributed by atoms with van der Waals surface area (Å²) in [6.07, 6.45) is 1.45. The molecule has 3 aromatic heterocycles. The Hall–Kier alpha value is -2.06. The van der Waals surface area contributed by atoms with Crippen molar-refractivity contribution in [2.75, 3.05) is 0 Å². The molecule has 108 valence electrons. The molecule has 1 amide bonds. The first-order chi connectivity index (χ1) is 10.3. The second-order valence-corrected chi connectivity index (χ2v) is 6.48. The van der Waals surface area contributed by atoms with Gasteiger partial charge in [0.25, 0.3) is 0 Å². The summed E-state index contributed by atoms with van der Waals surface area (Å²) in [5.74, 6) is 0.00380. The summed E-state index contributed by atoms with van der Waals surface area (Å²) in [6, 6.07) is 8.07. The molecule has 0 aliphatic rings. The summed E-state index contributed by atoms with van der Waals surface area (Å²) in [6.45, 7) is 1.37. The molecule has 0 aliphatic heterocycles. The monoisotopic (exact) mass is 319 g/mol. The van der Waals surface area contributed by atoms with E-state index in [9.17, 15) is 4.79 Å². The second-order valence-electron chi connectivity index (χ2n) is 4.42. The molecule has 0 aromatic carbocycles. The molecule has 0 unspecified atom stereocenters. The lowest BCUT2D eigenvalue weighted by atomic mass is 10.3. The van der Waals surface area contributed by atoms with Crippen LogP contribution in [0.3, 0.4) is 0 Å². The predicted molar refractivity (Wildman–Crippen MR) is 80.7 cm³/mol. The minimum atomic E-state index is 0.00380. The van der Waals surface area contributed by atoms with Crippen molar-refractivity contribution in [3.05, 3.63) is 51.1 Å². The number of thiophene rings is 2. The van der Waals surface area contributed by atoms with Gasteiger partial charge in [-0.3, -0.25) is 4.79 Å². The van der Waals surface area contributed by atoms with Crippen LogP contribution in [0.2, 0.25) is 0 Å².